The van der Waals surface area contributed by atoms with Crippen LogP contribution >= 0.6 is 0 Å². The van der Waals surface area contributed by atoms with E-state index in [0.29, 0.717) is 6.42 Å². The molecule has 0 aromatic heterocycles. The maximum Gasteiger partial charge on any atom is 0.198 e. The lowest BCUT2D eigenvalue weighted by Gasteiger charge is -2.00. The molecule has 0 amide bonds. The maximum absolute atomic E-state index is 9.95. The number of rotatable bonds is 4. The molecule has 12 heavy (non-hydrogen) atoms. The van der Waals surface area contributed by atoms with Crippen LogP contribution in [0.5, 0.6) is 5.75 Å². The number of hydrogen-bond acceptors (Lipinski definition) is 2. The van der Waals surface area contributed by atoms with Gasteiger partial charge in [-0.15, -0.1) is 0 Å². The van der Waals surface area contributed by atoms with Crippen molar-refractivity contribution >= 4 is 6.29 Å². The SMILES string of the molecule is COc1ccc(CC[C]=O)cc1. The van der Waals surface area contributed by atoms with Gasteiger partial charge in [-0.05, 0) is 24.1 Å². The van der Waals surface area contributed by atoms with Gasteiger partial charge in [0.15, 0.2) is 6.29 Å². The van der Waals surface area contributed by atoms with Crippen LogP contribution in [0.25, 0.3) is 0 Å². The van der Waals surface area contributed by atoms with Crippen LogP contribution in [0.3, 0.4) is 0 Å². The van der Waals surface area contributed by atoms with E-state index >= 15 is 0 Å². The molecule has 0 aliphatic rings. The fourth-order valence-corrected chi connectivity index (χ4v) is 0.988. The van der Waals surface area contributed by atoms with Gasteiger partial charge in [0.05, 0.1) is 7.11 Å². The van der Waals surface area contributed by atoms with Gasteiger partial charge in [-0.3, -0.25) is 4.79 Å². The number of ether oxygens (including phenoxy) is 1. The quantitative estimate of drug-likeness (QED) is 0.675. The predicted octanol–water partition coefficient (Wildman–Crippen LogP) is 1.74. The van der Waals surface area contributed by atoms with Crippen LogP contribution < -0.4 is 4.74 Å². The fourth-order valence-electron chi connectivity index (χ4n) is 0.988. The van der Waals surface area contributed by atoms with Crippen molar-refractivity contribution in [2.24, 2.45) is 0 Å². The molecule has 1 aromatic rings. The highest BCUT2D eigenvalue weighted by Crippen LogP contribution is 2.11. The number of benzene rings is 1. The summed E-state index contributed by atoms with van der Waals surface area (Å²) in [6, 6.07) is 7.69. The van der Waals surface area contributed by atoms with Gasteiger partial charge < -0.3 is 4.74 Å². The van der Waals surface area contributed by atoms with Crippen molar-refractivity contribution in [1.29, 1.82) is 0 Å². The first kappa shape index (κ1) is 8.78. The fraction of sp³-hybridized carbons (Fsp3) is 0.300. The molecule has 1 radical (unpaired) electrons. The predicted molar refractivity (Wildman–Crippen MR) is 47.0 cm³/mol. The first-order valence-corrected chi connectivity index (χ1v) is 3.84. The molecule has 0 saturated heterocycles. The van der Waals surface area contributed by atoms with Crippen LogP contribution in [-0.4, -0.2) is 13.4 Å². The van der Waals surface area contributed by atoms with E-state index in [9.17, 15) is 4.79 Å². The van der Waals surface area contributed by atoms with Crippen molar-refractivity contribution in [2.75, 3.05) is 7.11 Å². The van der Waals surface area contributed by atoms with Gasteiger partial charge in [0.25, 0.3) is 0 Å². The highest BCUT2D eigenvalue weighted by atomic mass is 16.5. The molecular weight excluding hydrogens is 152 g/mol. The molecule has 0 aliphatic carbocycles. The van der Waals surface area contributed by atoms with Gasteiger partial charge in [-0.25, -0.2) is 0 Å². The lowest BCUT2D eigenvalue weighted by Crippen LogP contribution is -1.87. The van der Waals surface area contributed by atoms with Gasteiger partial charge in [0.1, 0.15) is 5.75 Å². The van der Waals surface area contributed by atoms with Gasteiger partial charge in [-0.1, -0.05) is 12.1 Å². The highest BCUT2D eigenvalue weighted by Gasteiger charge is 1.93. The van der Waals surface area contributed by atoms with Gasteiger partial charge >= 0.3 is 0 Å². The van der Waals surface area contributed by atoms with Crippen molar-refractivity contribution in [3.63, 3.8) is 0 Å². The number of hydrogen-bond donors (Lipinski definition) is 0. The van der Waals surface area contributed by atoms with Crippen LogP contribution in [0.4, 0.5) is 0 Å². The Morgan fingerprint density at radius 1 is 1.33 bits per heavy atom. The third kappa shape index (κ3) is 2.38. The lowest BCUT2D eigenvalue weighted by molar-refractivity contribution is 0.414. The molecule has 0 saturated carbocycles. The molecule has 0 bridgehead atoms. The average molecular weight is 163 g/mol. The normalized spacial score (nSPS) is 9.42. The van der Waals surface area contributed by atoms with Crippen molar-refractivity contribution in [3.05, 3.63) is 29.8 Å². The van der Waals surface area contributed by atoms with Gasteiger partial charge in [0, 0.05) is 6.42 Å². The Kier molecular flexibility index (Phi) is 3.33. The first-order valence-electron chi connectivity index (χ1n) is 3.84. The van der Waals surface area contributed by atoms with Crippen molar-refractivity contribution in [1.82, 2.24) is 0 Å². The average Bonchev–Trinajstić information content (AvgIpc) is 2.15. The third-order valence-electron chi connectivity index (χ3n) is 1.67. The largest absolute Gasteiger partial charge is 0.497 e. The smallest absolute Gasteiger partial charge is 0.198 e. The summed E-state index contributed by atoms with van der Waals surface area (Å²) in [5.74, 6) is 0.842. The second-order valence-electron chi connectivity index (χ2n) is 2.49. The second-order valence-corrected chi connectivity index (χ2v) is 2.49. The molecular formula is C10H11O2. The molecule has 2 nitrogen and oxygen atoms in total. The Hall–Kier alpha value is -1.31. The Morgan fingerprint density at radius 3 is 2.50 bits per heavy atom. The minimum absolute atomic E-state index is 0.465. The molecule has 0 spiro atoms. The standard InChI is InChI=1S/C10H11O2/c1-12-10-6-4-9(5-7-10)3-2-8-11/h4-7H,2-3H2,1H3. The van der Waals surface area contributed by atoms with E-state index < -0.39 is 0 Å². The lowest BCUT2D eigenvalue weighted by atomic mass is 10.1. The molecule has 1 rings (SSSR count). The summed E-state index contributed by atoms with van der Waals surface area (Å²) in [7, 11) is 1.63. The minimum atomic E-state index is 0.465. The second kappa shape index (κ2) is 4.54. The van der Waals surface area contributed by atoms with E-state index in [0.717, 1.165) is 17.7 Å². The maximum atomic E-state index is 9.95. The van der Waals surface area contributed by atoms with Crippen molar-refractivity contribution < 1.29 is 9.53 Å². The van der Waals surface area contributed by atoms with Crippen LogP contribution in [0, 0.1) is 0 Å². The zero-order valence-electron chi connectivity index (χ0n) is 7.04. The van der Waals surface area contributed by atoms with E-state index in [1.165, 1.54) is 0 Å². The Labute approximate surface area is 72.2 Å². The molecule has 1 aromatic carbocycles. The van der Waals surface area contributed by atoms with Crippen LogP contribution in [0.2, 0.25) is 0 Å². The summed E-state index contributed by atoms with van der Waals surface area (Å²) in [4.78, 5) is 9.95. The summed E-state index contributed by atoms with van der Waals surface area (Å²) in [6.07, 6.45) is 3.09. The summed E-state index contributed by atoms with van der Waals surface area (Å²) in [6.45, 7) is 0. The van der Waals surface area contributed by atoms with Gasteiger partial charge in [0.2, 0.25) is 0 Å². The zero-order chi connectivity index (χ0) is 8.81. The van der Waals surface area contributed by atoms with E-state index in [2.05, 4.69) is 0 Å². The molecule has 63 valence electrons. The molecule has 0 aliphatic heterocycles. The first-order chi connectivity index (χ1) is 5.86. The summed E-state index contributed by atoms with van der Waals surface area (Å²) in [5.41, 5.74) is 1.14. The van der Waals surface area contributed by atoms with Crippen LogP contribution in [0.1, 0.15) is 12.0 Å². The summed E-state index contributed by atoms with van der Waals surface area (Å²) in [5, 5.41) is 0. The summed E-state index contributed by atoms with van der Waals surface area (Å²) >= 11 is 0. The highest BCUT2D eigenvalue weighted by molar-refractivity contribution is 5.51. The number of aryl methyl sites for hydroxylation is 1. The number of methoxy groups -OCH3 is 1. The number of carbonyl (C=O) groups excluding carboxylic acids is 1. The topological polar surface area (TPSA) is 26.3 Å². The summed E-state index contributed by atoms with van der Waals surface area (Å²) < 4.78 is 5.00. The Bertz CT molecular complexity index is 239. The minimum Gasteiger partial charge on any atom is -0.497 e. The van der Waals surface area contributed by atoms with E-state index in [4.69, 9.17) is 4.74 Å². The zero-order valence-corrected chi connectivity index (χ0v) is 7.04. The van der Waals surface area contributed by atoms with Gasteiger partial charge in [-0.2, -0.15) is 0 Å². The molecule has 0 unspecified atom stereocenters. The molecule has 2 heteroatoms. The van der Waals surface area contributed by atoms with Crippen molar-refractivity contribution in [3.8, 4) is 5.75 Å². The molecule has 0 atom stereocenters. The van der Waals surface area contributed by atoms with E-state index in [1.54, 1.807) is 7.11 Å². The molecule has 0 N–H and O–H groups in total. The van der Waals surface area contributed by atoms with Crippen LogP contribution in [0.15, 0.2) is 24.3 Å². The monoisotopic (exact) mass is 163 g/mol. The Balaban J connectivity index is 2.58. The molecule has 0 fully saturated rings. The van der Waals surface area contributed by atoms with E-state index in [1.807, 2.05) is 30.6 Å². The van der Waals surface area contributed by atoms with E-state index in [-0.39, 0.29) is 0 Å². The molecule has 0 heterocycles. The Morgan fingerprint density at radius 2 is 2.00 bits per heavy atom. The van der Waals surface area contributed by atoms with Crippen molar-refractivity contribution in [2.45, 2.75) is 12.8 Å². The third-order valence-corrected chi connectivity index (χ3v) is 1.67. The van der Waals surface area contributed by atoms with Crippen LogP contribution in [-0.2, 0) is 11.2 Å².